The van der Waals surface area contributed by atoms with Crippen molar-refractivity contribution in [2.75, 3.05) is 24.0 Å². The van der Waals surface area contributed by atoms with E-state index >= 15 is 0 Å². The number of nitrogens with one attached hydrogen (secondary N) is 2. The molecular formula is C21H21N5O4S. The van der Waals surface area contributed by atoms with Crippen molar-refractivity contribution in [1.29, 1.82) is 0 Å². The van der Waals surface area contributed by atoms with Crippen LogP contribution in [0.1, 0.15) is 18.5 Å². The number of phenols is 2. The molecule has 1 atom stereocenters. The number of methoxy groups -OCH3 is 1. The summed E-state index contributed by atoms with van der Waals surface area (Å²) >= 11 is 1.38. The number of anilines is 2. The molecular weight excluding hydrogens is 418 g/mol. The first-order chi connectivity index (χ1) is 14.9. The van der Waals surface area contributed by atoms with Crippen LogP contribution >= 0.6 is 11.8 Å². The van der Waals surface area contributed by atoms with Gasteiger partial charge in [-0.15, -0.1) is 5.10 Å². The lowest BCUT2D eigenvalue weighted by Gasteiger charge is -2.28. The maximum atomic E-state index is 13.3. The molecule has 0 saturated carbocycles. The highest BCUT2D eigenvalue weighted by molar-refractivity contribution is 7.98. The van der Waals surface area contributed by atoms with E-state index in [-0.39, 0.29) is 17.4 Å². The fourth-order valence-corrected chi connectivity index (χ4v) is 3.75. The molecule has 1 aliphatic heterocycles. The van der Waals surface area contributed by atoms with Crippen molar-refractivity contribution >= 4 is 29.3 Å². The Hall–Kier alpha value is -3.66. The topological polar surface area (TPSA) is 122 Å². The number of hydrogen-bond acceptors (Lipinski definition) is 8. The third kappa shape index (κ3) is 3.89. The van der Waals surface area contributed by atoms with E-state index in [1.165, 1.54) is 23.9 Å². The van der Waals surface area contributed by atoms with Crippen LogP contribution < -0.4 is 15.4 Å². The molecule has 0 spiro atoms. The zero-order valence-corrected chi connectivity index (χ0v) is 17.9. The van der Waals surface area contributed by atoms with Gasteiger partial charge in [0.2, 0.25) is 11.1 Å². The fraction of sp³-hybridized carbons (Fsp3) is 0.190. The van der Waals surface area contributed by atoms with E-state index < -0.39 is 6.04 Å². The predicted octanol–water partition coefficient (Wildman–Crippen LogP) is 3.35. The summed E-state index contributed by atoms with van der Waals surface area (Å²) in [6, 6.07) is 10.8. The van der Waals surface area contributed by atoms with E-state index in [1.54, 1.807) is 49.0 Å². The molecule has 4 rings (SSSR count). The number of carbonyl (C=O) groups excluding carboxylic acids is 1. The van der Waals surface area contributed by atoms with Gasteiger partial charge in [-0.2, -0.15) is 4.98 Å². The number of amides is 1. The molecule has 0 saturated heterocycles. The zero-order chi connectivity index (χ0) is 22.1. The lowest BCUT2D eigenvalue weighted by atomic mass is 9.94. The number of carbonyl (C=O) groups is 1. The predicted molar refractivity (Wildman–Crippen MR) is 118 cm³/mol. The standard InChI is InChI=1S/C21H21N5O4S/c1-11-17(19(29)23-13-5-7-14(30-2)8-6-13)18(12-4-9-15(27)16(28)10-12)26-20(22-11)24-21(25-26)31-3/h4-10,18,27-28H,1-3H3,(H,23,29)(H,22,24,25). The number of benzene rings is 2. The molecule has 1 aliphatic rings. The highest BCUT2D eigenvalue weighted by Crippen LogP contribution is 2.39. The molecule has 0 bridgehead atoms. The Bertz CT molecular complexity index is 1170. The van der Waals surface area contributed by atoms with Gasteiger partial charge in [0.05, 0.1) is 12.7 Å². The number of hydrogen-bond donors (Lipinski definition) is 4. The van der Waals surface area contributed by atoms with Crippen LogP contribution in [-0.4, -0.2) is 44.3 Å². The van der Waals surface area contributed by atoms with E-state index in [0.717, 1.165) is 0 Å². The Morgan fingerprint density at radius 3 is 2.58 bits per heavy atom. The van der Waals surface area contributed by atoms with Crippen LogP contribution in [0.15, 0.2) is 58.9 Å². The summed E-state index contributed by atoms with van der Waals surface area (Å²) in [6.45, 7) is 1.78. The summed E-state index contributed by atoms with van der Waals surface area (Å²) < 4.78 is 6.76. The van der Waals surface area contributed by atoms with Gasteiger partial charge in [-0.25, -0.2) is 4.68 Å². The maximum Gasteiger partial charge on any atom is 0.255 e. The summed E-state index contributed by atoms with van der Waals surface area (Å²) in [4.78, 5) is 17.8. The molecule has 10 heteroatoms. The number of fused-ring (bicyclic) bond motifs is 1. The van der Waals surface area contributed by atoms with E-state index in [0.29, 0.717) is 39.4 Å². The summed E-state index contributed by atoms with van der Waals surface area (Å²) in [7, 11) is 1.58. The van der Waals surface area contributed by atoms with Crippen molar-refractivity contribution in [3.05, 3.63) is 59.3 Å². The van der Waals surface area contributed by atoms with Crippen molar-refractivity contribution in [1.82, 2.24) is 14.8 Å². The second kappa shape index (κ2) is 8.23. The summed E-state index contributed by atoms with van der Waals surface area (Å²) in [6.07, 6.45) is 1.86. The number of thioether (sulfide) groups is 1. The molecule has 9 nitrogen and oxygen atoms in total. The van der Waals surface area contributed by atoms with Crippen molar-refractivity contribution in [2.24, 2.45) is 0 Å². The third-order valence-electron chi connectivity index (χ3n) is 4.92. The molecule has 1 amide bonds. The lowest BCUT2D eigenvalue weighted by molar-refractivity contribution is -0.113. The number of phenolic OH excluding ortho intramolecular Hbond substituents is 2. The van der Waals surface area contributed by atoms with Crippen LogP contribution in [0.4, 0.5) is 11.6 Å². The molecule has 31 heavy (non-hydrogen) atoms. The van der Waals surface area contributed by atoms with Crippen LogP contribution in [0.5, 0.6) is 17.2 Å². The van der Waals surface area contributed by atoms with Gasteiger partial charge in [-0.1, -0.05) is 17.8 Å². The number of aromatic nitrogens is 3. The molecule has 1 unspecified atom stereocenters. The molecule has 4 N–H and O–H groups in total. The van der Waals surface area contributed by atoms with Crippen molar-refractivity contribution in [3.63, 3.8) is 0 Å². The number of aromatic hydroxyl groups is 2. The number of nitrogens with zero attached hydrogens (tertiary/aromatic N) is 3. The maximum absolute atomic E-state index is 13.3. The summed E-state index contributed by atoms with van der Waals surface area (Å²) in [5, 5.41) is 30.9. The Balaban J connectivity index is 1.77. The Morgan fingerprint density at radius 2 is 1.94 bits per heavy atom. The highest BCUT2D eigenvalue weighted by Gasteiger charge is 2.34. The molecule has 0 radical (unpaired) electrons. The first kappa shape index (κ1) is 20.6. The Morgan fingerprint density at radius 1 is 1.19 bits per heavy atom. The molecule has 160 valence electrons. The summed E-state index contributed by atoms with van der Waals surface area (Å²) in [5.41, 5.74) is 2.20. The van der Waals surface area contributed by atoms with Gasteiger partial charge in [0.25, 0.3) is 5.91 Å². The van der Waals surface area contributed by atoms with E-state index in [4.69, 9.17) is 4.74 Å². The van der Waals surface area contributed by atoms with Crippen LogP contribution in [0.3, 0.4) is 0 Å². The highest BCUT2D eigenvalue weighted by atomic mass is 32.2. The van der Waals surface area contributed by atoms with Crippen molar-refractivity contribution < 1.29 is 19.7 Å². The average Bonchev–Trinajstić information content (AvgIpc) is 3.18. The minimum absolute atomic E-state index is 0.244. The lowest BCUT2D eigenvalue weighted by Crippen LogP contribution is -2.31. The second-order valence-corrected chi connectivity index (χ2v) is 7.64. The second-order valence-electron chi connectivity index (χ2n) is 6.86. The van der Waals surface area contributed by atoms with Gasteiger partial charge in [0.15, 0.2) is 11.5 Å². The normalized spacial score (nSPS) is 15.3. The van der Waals surface area contributed by atoms with Gasteiger partial charge < -0.3 is 25.6 Å². The molecule has 2 heterocycles. The first-order valence-electron chi connectivity index (χ1n) is 9.37. The van der Waals surface area contributed by atoms with Crippen LogP contribution in [0.25, 0.3) is 0 Å². The average molecular weight is 439 g/mol. The third-order valence-corrected chi connectivity index (χ3v) is 5.46. The van der Waals surface area contributed by atoms with Crippen LogP contribution in [0.2, 0.25) is 0 Å². The van der Waals surface area contributed by atoms with Gasteiger partial charge in [-0.05, 0) is 55.1 Å². The molecule has 2 aromatic carbocycles. The van der Waals surface area contributed by atoms with Gasteiger partial charge in [-0.3, -0.25) is 4.79 Å². The molecule has 3 aromatic rings. The van der Waals surface area contributed by atoms with Crippen molar-refractivity contribution in [2.45, 2.75) is 18.1 Å². The largest absolute Gasteiger partial charge is 0.504 e. The zero-order valence-electron chi connectivity index (χ0n) is 17.1. The van der Waals surface area contributed by atoms with E-state index in [1.807, 2.05) is 6.26 Å². The monoisotopic (exact) mass is 439 g/mol. The van der Waals surface area contributed by atoms with Gasteiger partial charge >= 0.3 is 0 Å². The van der Waals surface area contributed by atoms with E-state index in [2.05, 4.69) is 20.7 Å². The molecule has 1 aromatic heterocycles. The molecule has 0 aliphatic carbocycles. The van der Waals surface area contributed by atoms with Crippen LogP contribution in [0, 0.1) is 0 Å². The fourth-order valence-electron chi connectivity index (χ4n) is 3.40. The number of rotatable bonds is 5. The van der Waals surface area contributed by atoms with Gasteiger partial charge in [0.1, 0.15) is 11.8 Å². The Labute approximate surface area is 182 Å². The first-order valence-corrected chi connectivity index (χ1v) is 10.6. The molecule has 0 fully saturated rings. The van der Waals surface area contributed by atoms with Crippen molar-refractivity contribution in [3.8, 4) is 17.2 Å². The number of allylic oxidation sites excluding steroid dienone is 1. The minimum Gasteiger partial charge on any atom is -0.504 e. The SMILES string of the molecule is COc1ccc(NC(=O)C2=C(C)Nc3nc(SC)nn3C2c2ccc(O)c(O)c2)cc1. The van der Waals surface area contributed by atoms with Crippen LogP contribution in [-0.2, 0) is 4.79 Å². The minimum atomic E-state index is -0.658. The quantitative estimate of drug-likeness (QED) is 0.353. The number of ether oxygens (including phenoxy) is 1. The Kier molecular flexibility index (Phi) is 5.47. The summed E-state index contributed by atoms with van der Waals surface area (Å²) in [5.74, 6) is 0.309. The van der Waals surface area contributed by atoms with Gasteiger partial charge in [0, 0.05) is 11.4 Å². The van der Waals surface area contributed by atoms with E-state index in [9.17, 15) is 15.0 Å². The smallest absolute Gasteiger partial charge is 0.255 e.